The molecule has 1 saturated heterocycles. The molecule has 1 rings (SSSR count). The first-order valence-electron chi connectivity index (χ1n) is 37.4. The van der Waals surface area contributed by atoms with Crippen LogP contribution in [0.25, 0.3) is 0 Å². The maximum absolute atomic E-state index is 13.5. The van der Waals surface area contributed by atoms with E-state index >= 15 is 0 Å². The molecule has 11 heteroatoms. The Morgan fingerprint density at radius 3 is 1.21 bits per heavy atom. The summed E-state index contributed by atoms with van der Waals surface area (Å²) in [6, 6.07) is -1.02. The summed E-state index contributed by atoms with van der Waals surface area (Å²) < 4.78 is 17.7. The number of nitrogens with one attached hydrogen (secondary N) is 1. The molecule has 1 aliphatic rings. The van der Waals surface area contributed by atoms with Crippen LogP contribution in [-0.2, 0) is 23.8 Å². The quantitative estimate of drug-likeness (QED) is 0.0195. The third-order valence-electron chi connectivity index (χ3n) is 17.7. The summed E-state index contributed by atoms with van der Waals surface area (Å²) >= 11 is 0. The predicted octanol–water partition coefficient (Wildman–Crippen LogP) is 19.5. The fourth-order valence-corrected chi connectivity index (χ4v) is 11.8. The molecule has 1 fully saturated rings. The highest BCUT2D eigenvalue weighted by atomic mass is 16.7. The van der Waals surface area contributed by atoms with Crippen LogP contribution >= 0.6 is 0 Å². The Hall–Kier alpha value is -2.38. The third-order valence-corrected chi connectivity index (χ3v) is 17.7. The third kappa shape index (κ3) is 50.9. The largest absolute Gasteiger partial charge is 0.454 e. The van der Waals surface area contributed by atoms with E-state index in [0.717, 1.165) is 70.6 Å². The van der Waals surface area contributed by atoms with Gasteiger partial charge in [0.1, 0.15) is 24.4 Å². The van der Waals surface area contributed by atoms with Crippen molar-refractivity contribution < 1.29 is 49.3 Å². The van der Waals surface area contributed by atoms with Gasteiger partial charge < -0.3 is 45.1 Å². The molecule has 0 aromatic rings. The van der Waals surface area contributed by atoms with E-state index in [-0.39, 0.29) is 13.0 Å². The van der Waals surface area contributed by atoms with E-state index in [4.69, 9.17) is 14.2 Å². The number of esters is 1. The predicted molar refractivity (Wildman–Crippen MR) is 366 cm³/mol. The summed E-state index contributed by atoms with van der Waals surface area (Å²) in [5, 5.41) is 57.3. The Labute approximate surface area is 536 Å². The minimum Gasteiger partial charge on any atom is -0.454 e. The van der Waals surface area contributed by atoms with Gasteiger partial charge in [0.05, 0.1) is 25.4 Å². The van der Waals surface area contributed by atoms with Gasteiger partial charge in [-0.05, 0) is 83.5 Å². The van der Waals surface area contributed by atoms with Gasteiger partial charge in [-0.2, -0.15) is 0 Å². The lowest BCUT2D eigenvalue weighted by Gasteiger charge is -2.41. The van der Waals surface area contributed by atoms with Gasteiger partial charge in [-0.15, -0.1) is 0 Å². The Balaban J connectivity index is 2.53. The average Bonchev–Trinajstić information content (AvgIpc) is 2.51. The summed E-state index contributed by atoms with van der Waals surface area (Å²) in [7, 11) is 0. The molecule has 8 unspecified atom stereocenters. The van der Waals surface area contributed by atoms with Crippen molar-refractivity contribution in [1.29, 1.82) is 0 Å². The summed E-state index contributed by atoms with van der Waals surface area (Å²) in [6.45, 7) is 5.82. The van der Waals surface area contributed by atoms with Gasteiger partial charge in [0.15, 0.2) is 12.4 Å². The van der Waals surface area contributed by atoms with Crippen LogP contribution in [0.15, 0.2) is 48.6 Å². The molecule has 0 radical (unpaired) electrons. The number of amides is 1. The summed E-state index contributed by atoms with van der Waals surface area (Å²) in [5.74, 6) is -1.18. The Bertz CT molecular complexity index is 1600. The molecule has 0 aliphatic carbocycles. The van der Waals surface area contributed by atoms with Gasteiger partial charge >= 0.3 is 5.97 Å². The molecule has 6 N–H and O–H groups in total. The molecular formula is C76H141NO10. The van der Waals surface area contributed by atoms with E-state index < -0.39 is 67.4 Å². The van der Waals surface area contributed by atoms with Crippen molar-refractivity contribution in [3.8, 4) is 0 Å². The lowest BCUT2D eigenvalue weighted by atomic mass is 9.99. The Morgan fingerprint density at radius 1 is 0.448 bits per heavy atom. The molecular weight excluding hydrogens is 1090 g/mol. The van der Waals surface area contributed by atoms with Crippen LogP contribution in [0.4, 0.5) is 0 Å². The van der Waals surface area contributed by atoms with Gasteiger partial charge in [-0.25, -0.2) is 0 Å². The van der Waals surface area contributed by atoms with Gasteiger partial charge in [0.25, 0.3) is 0 Å². The minimum absolute atomic E-state index is 0.126. The highest BCUT2D eigenvalue weighted by molar-refractivity contribution is 5.80. The van der Waals surface area contributed by atoms with E-state index in [2.05, 4.69) is 62.5 Å². The molecule has 1 aliphatic heterocycles. The maximum Gasteiger partial charge on any atom is 0.306 e. The highest BCUT2D eigenvalue weighted by Gasteiger charge is 2.47. The van der Waals surface area contributed by atoms with E-state index in [1.54, 1.807) is 6.08 Å². The number of unbranched alkanes of at least 4 members (excludes halogenated alkanes) is 45. The summed E-state index contributed by atoms with van der Waals surface area (Å²) in [5.41, 5.74) is 0. The SMILES string of the molecule is CCCCC/C=C\C/C=C\CCCCCCCCCCCCCCCCCCCC(=O)OC1C(OCC(NC(=O)C(O)CCCCCCCCCC/C=C/CCCCCCCC)C(O)/C=C/CCCCCCCCCCCCC)OC(CO)C(O)C1O. The molecule has 87 heavy (non-hydrogen) atoms. The summed E-state index contributed by atoms with van der Waals surface area (Å²) in [4.78, 5) is 26.7. The first kappa shape index (κ1) is 82.6. The number of hydrogen-bond acceptors (Lipinski definition) is 10. The molecule has 11 nitrogen and oxygen atoms in total. The number of aliphatic hydroxyl groups excluding tert-OH is 5. The van der Waals surface area contributed by atoms with Crippen molar-refractivity contribution in [1.82, 2.24) is 5.32 Å². The number of hydrogen-bond donors (Lipinski definition) is 6. The molecule has 0 aromatic carbocycles. The molecule has 510 valence electrons. The Kier molecular flexibility index (Phi) is 60.6. The van der Waals surface area contributed by atoms with E-state index in [1.807, 2.05) is 6.08 Å². The minimum atomic E-state index is -1.61. The van der Waals surface area contributed by atoms with Crippen molar-refractivity contribution in [2.75, 3.05) is 13.2 Å². The average molecular weight is 1230 g/mol. The number of carbonyl (C=O) groups is 2. The zero-order chi connectivity index (χ0) is 63.1. The van der Waals surface area contributed by atoms with Gasteiger partial charge in [0, 0.05) is 6.42 Å². The van der Waals surface area contributed by atoms with Crippen LogP contribution in [-0.4, -0.2) is 99.6 Å². The highest BCUT2D eigenvalue weighted by Crippen LogP contribution is 2.26. The topological polar surface area (TPSA) is 175 Å². The molecule has 1 amide bonds. The van der Waals surface area contributed by atoms with Crippen LogP contribution in [0, 0.1) is 0 Å². The zero-order valence-electron chi connectivity index (χ0n) is 56.9. The number of allylic oxidation sites excluding steroid dienone is 7. The van der Waals surface area contributed by atoms with Crippen LogP contribution in [0.1, 0.15) is 361 Å². The monoisotopic (exact) mass is 1230 g/mol. The maximum atomic E-state index is 13.5. The van der Waals surface area contributed by atoms with Gasteiger partial charge in [0.2, 0.25) is 5.91 Å². The fourth-order valence-electron chi connectivity index (χ4n) is 11.8. The van der Waals surface area contributed by atoms with E-state index in [9.17, 15) is 35.1 Å². The molecule has 1 heterocycles. The number of ether oxygens (including phenoxy) is 3. The lowest BCUT2D eigenvalue weighted by Crippen LogP contribution is -2.61. The smallest absolute Gasteiger partial charge is 0.306 e. The molecule has 0 saturated carbocycles. The van der Waals surface area contributed by atoms with E-state index in [0.29, 0.717) is 19.3 Å². The Morgan fingerprint density at radius 2 is 0.793 bits per heavy atom. The second-order valence-corrected chi connectivity index (χ2v) is 26.0. The normalized spacial score (nSPS) is 18.5. The second-order valence-electron chi connectivity index (χ2n) is 26.0. The van der Waals surface area contributed by atoms with Crippen LogP contribution in [0.3, 0.4) is 0 Å². The molecule has 0 spiro atoms. The van der Waals surface area contributed by atoms with Crippen LogP contribution in [0.5, 0.6) is 0 Å². The first-order chi connectivity index (χ1) is 42.7. The van der Waals surface area contributed by atoms with Crippen molar-refractivity contribution in [3.05, 3.63) is 48.6 Å². The number of aliphatic hydroxyl groups is 5. The van der Waals surface area contributed by atoms with Crippen molar-refractivity contribution in [2.45, 2.75) is 410 Å². The van der Waals surface area contributed by atoms with Crippen molar-refractivity contribution in [3.63, 3.8) is 0 Å². The number of rotatable bonds is 65. The fraction of sp³-hybridized carbons (Fsp3) is 0.868. The van der Waals surface area contributed by atoms with Gasteiger partial charge in [-0.1, -0.05) is 320 Å². The molecule has 8 atom stereocenters. The lowest BCUT2D eigenvalue weighted by molar-refractivity contribution is -0.305. The van der Waals surface area contributed by atoms with Crippen molar-refractivity contribution >= 4 is 11.9 Å². The van der Waals surface area contributed by atoms with Gasteiger partial charge in [-0.3, -0.25) is 9.59 Å². The van der Waals surface area contributed by atoms with Crippen molar-refractivity contribution in [2.24, 2.45) is 0 Å². The first-order valence-corrected chi connectivity index (χ1v) is 37.4. The zero-order valence-corrected chi connectivity index (χ0v) is 56.9. The standard InChI is InChI=1S/C76H141NO10/c1-4-7-10-13-16-19-22-25-27-29-31-32-33-34-35-36-37-38-39-41-43-46-49-52-55-58-61-64-71(81)87-74-73(83)72(82)70(65-78)86-76(74)85-66-67(68(79)62-59-56-53-50-47-44-24-21-18-15-12-9-6-3)77-75(84)69(80)63-60-57-54-51-48-45-42-40-30-28-26-23-20-17-14-11-8-5-2/h16,19,25-28,59,62,67-70,72-74,76,78-80,82-83H,4-15,17-18,20-24,29-58,60-61,63-66H2,1-3H3,(H,77,84)/b19-16-,27-25-,28-26+,62-59+. The molecule has 0 aromatic heterocycles. The molecule has 0 bridgehead atoms. The number of carbonyl (C=O) groups excluding carboxylic acids is 2. The van der Waals surface area contributed by atoms with E-state index in [1.165, 1.54) is 244 Å². The summed E-state index contributed by atoms with van der Waals surface area (Å²) in [6.07, 6.45) is 70.1. The van der Waals surface area contributed by atoms with Crippen LogP contribution in [0.2, 0.25) is 0 Å². The van der Waals surface area contributed by atoms with Crippen LogP contribution < -0.4 is 5.32 Å². The second kappa shape index (κ2) is 63.8.